The number of halogens is 1. The Morgan fingerprint density at radius 1 is 1.30 bits per heavy atom. The van der Waals surface area contributed by atoms with E-state index in [0.717, 1.165) is 5.56 Å². The predicted molar refractivity (Wildman–Crippen MR) is 80.9 cm³/mol. The second kappa shape index (κ2) is 6.09. The first-order valence-corrected chi connectivity index (χ1v) is 7.04. The van der Waals surface area contributed by atoms with Crippen molar-refractivity contribution in [2.24, 2.45) is 7.05 Å². The number of carbonyl (C=O) groups is 1. The Morgan fingerprint density at radius 2 is 1.95 bits per heavy atom. The monoisotopic (exact) mass is 291 g/mol. The Labute approximate surface area is 124 Å². The van der Waals surface area contributed by atoms with Gasteiger partial charge in [0.05, 0.1) is 10.7 Å². The summed E-state index contributed by atoms with van der Waals surface area (Å²) in [4.78, 5) is 14.2. The highest BCUT2D eigenvalue weighted by Gasteiger charge is 2.19. The molecule has 0 atom stereocenters. The molecular weight excluding hydrogens is 274 g/mol. The minimum Gasteiger partial charge on any atom is -0.338 e. The third kappa shape index (κ3) is 2.70. The molecule has 5 heteroatoms. The number of aryl methyl sites for hydroxylation is 1. The Hall–Kier alpha value is -1.81. The zero-order valence-corrected chi connectivity index (χ0v) is 12.7. The van der Waals surface area contributed by atoms with Crippen molar-refractivity contribution in [3.05, 3.63) is 41.0 Å². The standard InChI is InChI=1S/C15H18ClN3O/c1-4-19(5-2)15(20)14-10-13(17-18(14)3)11-8-6-7-9-12(11)16/h6-10H,4-5H2,1-3H3. The molecule has 106 valence electrons. The second-order valence-corrected chi connectivity index (χ2v) is 4.90. The summed E-state index contributed by atoms with van der Waals surface area (Å²) >= 11 is 6.17. The fourth-order valence-corrected chi connectivity index (χ4v) is 2.37. The molecule has 0 aliphatic rings. The maximum Gasteiger partial charge on any atom is 0.272 e. The summed E-state index contributed by atoms with van der Waals surface area (Å²) in [6.07, 6.45) is 0. The van der Waals surface area contributed by atoms with E-state index >= 15 is 0 Å². The summed E-state index contributed by atoms with van der Waals surface area (Å²) in [5.74, 6) is -0.0108. The van der Waals surface area contributed by atoms with Gasteiger partial charge in [0.2, 0.25) is 0 Å². The van der Waals surface area contributed by atoms with Gasteiger partial charge in [-0.15, -0.1) is 0 Å². The third-order valence-corrected chi connectivity index (χ3v) is 3.63. The number of rotatable bonds is 4. The first-order chi connectivity index (χ1) is 9.58. The molecule has 0 N–H and O–H groups in total. The van der Waals surface area contributed by atoms with Gasteiger partial charge >= 0.3 is 0 Å². The maximum absolute atomic E-state index is 12.4. The van der Waals surface area contributed by atoms with Crippen molar-refractivity contribution in [2.45, 2.75) is 13.8 Å². The highest BCUT2D eigenvalue weighted by Crippen LogP contribution is 2.27. The fraction of sp³-hybridized carbons (Fsp3) is 0.333. The van der Waals surface area contributed by atoms with Crippen LogP contribution in [-0.4, -0.2) is 33.7 Å². The van der Waals surface area contributed by atoms with E-state index in [2.05, 4.69) is 5.10 Å². The van der Waals surface area contributed by atoms with Crippen LogP contribution < -0.4 is 0 Å². The van der Waals surface area contributed by atoms with Gasteiger partial charge in [-0.1, -0.05) is 29.8 Å². The molecule has 0 aliphatic heterocycles. The normalized spacial score (nSPS) is 10.6. The molecule has 0 radical (unpaired) electrons. The average molecular weight is 292 g/mol. The average Bonchev–Trinajstić information content (AvgIpc) is 2.82. The van der Waals surface area contributed by atoms with Crippen LogP contribution in [0.1, 0.15) is 24.3 Å². The Morgan fingerprint density at radius 3 is 2.55 bits per heavy atom. The van der Waals surface area contributed by atoms with E-state index < -0.39 is 0 Å². The van der Waals surface area contributed by atoms with Crippen molar-refractivity contribution in [2.75, 3.05) is 13.1 Å². The smallest absolute Gasteiger partial charge is 0.272 e. The van der Waals surface area contributed by atoms with E-state index in [1.54, 1.807) is 22.7 Å². The quantitative estimate of drug-likeness (QED) is 0.867. The van der Waals surface area contributed by atoms with Crippen molar-refractivity contribution in [3.63, 3.8) is 0 Å². The van der Waals surface area contributed by atoms with Crippen molar-refractivity contribution in [1.29, 1.82) is 0 Å². The van der Waals surface area contributed by atoms with Crippen LogP contribution in [-0.2, 0) is 7.05 Å². The van der Waals surface area contributed by atoms with Crippen molar-refractivity contribution >= 4 is 17.5 Å². The van der Waals surface area contributed by atoms with Crippen molar-refractivity contribution in [3.8, 4) is 11.3 Å². The van der Waals surface area contributed by atoms with Gasteiger partial charge in [-0.25, -0.2) is 0 Å². The van der Waals surface area contributed by atoms with Crippen LogP contribution in [0, 0.1) is 0 Å². The zero-order valence-electron chi connectivity index (χ0n) is 11.9. The number of aromatic nitrogens is 2. The summed E-state index contributed by atoms with van der Waals surface area (Å²) in [7, 11) is 1.77. The molecule has 0 aliphatic carbocycles. The van der Waals surface area contributed by atoms with E-state index in [4.69, 9.17) is 11.6 Å². The van der Waals surface area contributed by atoms with Gasteiger partial charge in [-0.2, -0.15) is 5.10 Å². The topological polar surface area (TPSA) is 38.1 Å². The van der Waals surface area contributed by atoms with Crippen LogP contribution in [0.4, 0.5) is 0 Å². The fourth-order valence-electron chi connectivity index (χ4n) is 2.14. The third-order valence-electron chi connectivity index (χ3n) is 3.30. The summed E-state index contributed by atoms with van der Waals surface area (Å²) in [6, 6.07) is 9.29. The molecule has 2 rings (SSSR count). The molecule has 1 heterocycles. The summed E-state index contributed by atoms with van der Waals surface area (Å²) < 4.78 is 1.61. The van der Waals surface area contributed by atoms with Gasteiger partial charge in [-0.3, -0.25) is 9.48 Å². The number of amides is 1. The summed E-state index contributed by atoms with van der Waals surface area (Å²) in [5.41, 5.74) is 2.13. The molecule has 20 heavy (non-hydrogen) atoms. The number of hydrogen-bond acceptors (Lipinski definition) is 2. The Kier molecular flexibility index (Phi) is 4.45. The van der Waals surface area contributed by atoms with Gasteiger partial charge < -0.3 is 4.90 Å². The lowest BCUT2D eigenvalue weighted by molar-refractivity contribution is 0.0762. The van der Waals surface area contributed by atoms with Crippen molar-refractivity contribution < 1.29 is 4.79 Å². The van der Waals surface area contributed by atoms with E-state index in [-0.39, 0.29) is 5.91 Å². The molecule has 0 bridgehead atoms. The van der Waals surface area contributed by atoms with Crippen LogP contribution >= 0.6 is 11.6 Å². The van der Waals surface area contributed by atoms with E-state index in [0.29, 0.717) is 29.5 Å². The summed E-state index contributed by atoms with van der Waals surface area (Å²) in [5, 5.41) is 5.03. The van der Waals surface area contributed by atoms with E-state index in [1.807, 2.05) is 38.1 Å². The lowest BCUT2D eigenvalue weighted by Gasteiger charge is -2.18. The van der Waals surface area contributed by atoms with Crippen LogP contribution in [0.25, 0.3) is 11.3 Å². The molecule has 1 aromatic carbocycles. The Bertz CT molecular complexity index is 617. The lowest BCUT2D eigenvalue weighted by atomic mass is 10.1. The van der Waals surface area contributed by atoms with Crippen LogP contribution in [0.2, 0.25) is 5.02 Å². The first kappa shape index (κ1) is 14.6. The minimum absolute atomic E-state index is 0.0108. The molecule has 0 saturated heterocycles. The largest absolute Gasteiger partial charge is 0.338 e. The number of hydrogen-bond donors (Lipinski definition) is 0. The zero-order chi connectivity index (χ0) is 14.7. The molecule has 4 nitrogen and oxygen atoms in total. The van der Waals surface area contributed by atoms with Gasteiger partial charge in [-0.05, 0) is 26.0 Å². The first-order valence-electron chi connectivity index (χ1n) is 6.66. The Balaban J connectivity index is 2.40. The molecule has 1 aromatic heterocycles. The highest BCUT2D eigenvalue weighted by atomic mass is 35.5. The van der Waals surface area contributed by atoms with Gasteiger partial charge in [0.25, 0.3) is 5.91 Å². The minimum atomic E-state index is -0.0108. The van der Waals surface area contributed by atoms with E-state index in [9.17, 15) is 4.79 Å². The van der Waals surface area contributed by atoms with Gasteiger partial charge in [0.15, 0.2) is 0 Å². The van der Waals surface area contributed by atoms with Gasteiger partial charge in [0, 0.05) is 25.7 Å². The van der Waals surface area contributed by atoms with Crippen LogP contribution in [0.5, 0.6) is 0 Å². The maximum atomic E-state index is 12.4. The number of nitrogens with zero attached hydrogens (tertiary/aromatic N) is 3. The molecule has 2 aromatic rings. The highest BCUT2D eigenvalue weighted by molar-refractivity contribution is 6.33. The van der Waals surface area contributed by atoms with Gasteiger partial charge in [0.1, 0.15) is 5.69 Å². The predicted octanol–water partition coefficient (Wildman–Crippen LogP) is 3.22. The summed E-state index contributed by atoms with van der Waals surface area (Å²) in [6.45, 7) is 5.30. The SMILES string of the molecule is CCN(CC)C(=O)c1cc(-c2ccccc2Cl)nn1C. The molecular formula is C15H18ClN3O. The second-order valence-electron chi connectivity index (χ2n) is 4.50. The van der Waals surface area contributed by atoms with Crippen LogP contribution in [0.3, 0.4) is 0 Å². The molecule has 0 fully saturated rings. The van der Waals surface area contributed by atoms with Crippen LogP contribution in [0.15, 0.2) is 30.3 Å². The lowest BCUT2D eigenvalue weighted by Crippen LogP contribution is -2.31. The molecule has 0 unspecified atom stereocenters. The van der Waals surface area contributed by atoms with E-state index in [1.165, 1.54) is 0 Å². The van der Waals surface area contributed by atoms with Crippen molar-refractivity contribution in [1.82, 2.24) is 14.7 Å². The molecule has 1 amide bonds. The number of benzene rings is 1. The molecule has 0 spiro atoms. The molecule has 0 saturated carbocycles. The number of carbonyl (C=O) groups excluding carboxylic acids is 1.